The lowest BCUT2D eigenvalue weighted by molar-refractivity contribution is 0.192. The van der Waals surface area contributed by atoms with Gasteiger partial charge in [0.25, 0.3) is 5.89 Å². The van der Waals surface area contributed by atoms with Crippen molar-refractivity contribution in [1.29, 1.82) is 0 Å². The number of aromatic nitrogens is 5. The fourth-order valence-electron chi connectivity index (χ4n) is 2.31. The van der Waals surface area contributed by atoms with E-state index in [0.717, 1.165) is 18.7 Å². The summed E-state index contributed by atoms with van der Waals surface area (Å²) in [5, 5.41) is 12.2. The van der Waals surface area contributed by atoms with Crippen LogP contribution in [0.4, 0.5) is 0 Å². The van der Waals surface area contributed by atoms with Crippen LogP contribution >= 0.6 is 0 Å². The van der Waals surface area contributed by atoms with Crippen molar-refractivity contribution in [3.8, 4) is 17.3 Å². The first-order chi connectivity index (χ1) is 10.4. The summed E-state index contributed by atoms with van der Waals surface area (Å²) in [5.41, 5.74) is 1.50. The SMILES string of the molecule is c1ccc(-n2cc(-c3nc(C4CCOC4)no3)nn2)cc1. The summed E-state index contributed by atoms with van der Waals surface area (Å²) < 4.78 is 12.3. The van der Waals surface area contributed by atoms with Gasteiger partial charge in [0, 0.05) is 12.5 Å². The number of para-hydroxylation sites is 1. The van der Waals surface area contributed by atoms with Crippen LogP contribution in [0.2, 0.25) is 0 Å². The molecule has 0 spiro atoms. The van der Waals surface area contributed by atoms with Gasteiger partial charge in [-0.3, -0.25) is 0 Å². The normalized spacial score (nSPS) is 18.2. The topological polar surface area (TPSA) is 78.9 Å². The number of nitrogens with zero attached hydrogens (tertiary/aromatic N) is 5. The van der Waals surface area contributed by atoms with E-state index in [-0.39, 0.29) is 5.92 Å². The third-order valence-corrected chi connectivity index (χ3v) is 3.47. The summed E-state index contributed by atoms with van der Waals surface area (Å²) in [6, 6.07) is 9.75. The summed E-state index contributed by atoms with van der Waals surface area (Å²) in [6.07, 6.45) is 2.70. The third kappa shape index (κ3) is 2.31. The van der Waals surface area contributed by atoms with Gasteiger partial charge in [0.1, 0.15) is 0 Å². The van der Waals surface area contributed by atoms with Gasteiger partial charge < -0.3 is 9.26 Å². The molecule has 1 aliphatic heterocycles. The summed E-state index contributed by atoms with van der Waals surface area (Å²) >= 11 is 0. The Morgan fingerprint density at radius 3 is 2.90 bits per heavy atom. The van der Waals surface area contributed by atoms with Gasteiger partial charge in [-0.05, 0) is 18.6 Å². The van der Waals surface area contributed by atoms with Gasteiger partial charge in [-0.15, -0.1) is 5.10 Å². The number of hydrogen-bond acceptors (Lipinski definition) is 6. The predicted octanol–water partition coefficient (Wildman–Crippen LogP) is 1.82. The second kappa shape index (κ2) is 5.10. The minimum absolute atomic E-state index is 0.215. The van der Waals surface area contributed by atoms with Crippen molar-refractivity contribution in [2.24, 2.45) is 0 Å². The van der Waals surface area contributed by atoms with Crippen LogP contribution in [0.3, 0.4) is 0 Å². The Kier molecular flexibility index (Phi) is 2.97. The Balaban J connectivity index is 1.61. The highest BCUT2D eigenvalue weighted by Gasteiger charge is 2.24. The average molecular weight is 283 g/mol. The first kappa shape index (κ1) is 12.2. The molecule has 0 aliphatic carbocycles. The summed E-state index contributed by atoms with van der Waals surface area (Å²) in [7, 11) is 0. The number of ether oxygens (including phenoxy) is 1. The Labute approximate surface area is 120 Å². The molecule has 1 aliphatic rings. The van der Waals surface area contributed by atoms with Gasteiger partial charge >= 0.3 is 0 Å². The Bertz CT molecular complexity index is 731. The Hall–Kier alpha value is -2.54. The second-order valence-corrected chi connectivity index (χ2v) is 4.90. The van der Waals surface area contributed by atoms with E-state index in [4.69, 9.17) is 9.26 Å². The molecule has 3 aromatic rings. The maximum atomic E-state index is 5.33. The van der Waals surface area contributed by atoms with Crippen molar-refractivity contribution in [3.05, 3.63) is 42.4 Å². The zero-order valence-electron chi connectivity index (χ0n) is 11.2. The smallest absolute Gasteiger partial charge is 0.280 e. The zero-order valence-corrected chi connectivity index (χ0v) is 11.2. The van der Waals surface area contributed by atoms with Crippen LogP contribution in [0.25, 0.3) is 17.3 Å². The van der Waals surface area contributed by atoms with E-state index >= 15 is 0 Å². The first-order valence-electron chi connectivity index (χ1n) is 6.79. The molecule has 7 heteroatoms. The van der Waals surface area contributed by atoms with Crippen LogP contribution in [-0.2, 0) is 4.74 Å². The molecule has 1 saturated heterocycles. The number of rotatable bonds is 3. The lowest BCUT2D eigenvalue weighted by Gasteiger charge is -1.97. The van der Waals surface area contributed by atoms with Crippen LogP contribution < -0.4 is 0 Å². The fourth-order valence-corrected chi connectivity index (χ4v) is 2.31. The molecule has 1 atom stereocenters. The minimum atomic E-state index is 0.215. The van der Waals surface area contributed by atoms with Crippen LogP contribution in [0.15, 0.2) is 41.1 Å². The molecule has 1 fully saturated rings. The van der Waals surface area contributed by atoms with Crippen molar-refractivity contribution < 1.29 is 9.26 Å². The molecule has 0 bridgehead atoms. The van der Waals surface area contributed by atoms with E-state index < -0.39 is 0 Å². The molecule has 1 aromatic carbocycles. The quantitative estimate of drug-likeness (QED) is 0.729. The molecule has 1 unspecified atom stereocenters. The first-order valence-corrected chi connectivity index (χ1v) is 6.79. The summed E-state index contributed by atoms with van der Waals surface area (Å²) in [4.78, 5) is 4.40. The van der Waals surface area contributed by atoms with Gasteiger partial charge in [0.15, 0.2) is 11.5 Å². The maximum absolute atomic E-state index is 5.33. The molecule has 0 radical (unpaired) electrons. The van der Waals surface area contributed by atoms with Gasteiger partial charge in [0.2, 0.25) is 0 Å². The van der Waals surface area contributed by atoms with Crippen molar-refractivity contribution in [3.63, 3.8) is 0 Å². The largest absolute Gasteiger partial charge is 0.381 e. The van der Waals surface area contributed by atoms with Crippen LogP contribution in [0.1, 0.15) is 18.2 Å². The molecule has 21 heavy (non-hydrogen) atoms. The highest BCUT2D eigenvalue weighted by molar-refractivity contribution is 5.45. The number of benzene rings is 1. The van der Waals surface area contributed by atoms with Crippen molar-refractivity contribution in [2.75, 3.05) is 13.2 Å². The highest BCUT2D eigenvalue weighted by Crippen LogP contribution is 2.24. The molecular formula is C14H13N5O2. The van der Waals surface area contributed by atoms with E-state index in [1.807, 2.05) is 30.3 Å². The van der Waals surface area contributed by atoms with E-state index in [0.29, 0.717) is 24.0 Å². The molecule has 0 N–H and O–H groups in total. The molecule has 3 heterocycles. The lowest BCUT2D eigenvalue weighted by Crippen LogP contribution is -1.99. The van der Waals surface area contributed by atoms with Crippen molar-refractivity contribution in [2.45, 2.75) is 12.3 Å². The standard InChI is InChI=1S/C14H13N5O2/c1-2-4-11(5-3-1)19-8-12(16-18-19)14-15-13(17-21-14)10-6-7-20-9-10/h1-5,8,10H,6-7,9H2. The molecule has 0 saturated carbocycles. The molecule has 0 amide bonds. The summed E-state index contributed by atoms with van der Waals surface area (Å²) in [5.74, 6) is 1.28. The minimum Gasteiger partial charge on any atom is -0.381 e. The van der Waals surface area contributed by atoms with E-state index in [9.17, 15) is 0 Å². The van der Waals surface area contributed by atoms with Crippen LogP contribution in [-0.4, -0.2) is 38.3 Å². The molecule has 2 aromatic heterocycles. The van der Waals surface area contributed by atoms with Crippen LogP contribution in [0.5, 0.6) is 0 Å². The zero-order chi connectivity index (χ0) is 14.1. The maximum Gasteiger partial charge on any atom is 0.280 e. The van der Waals surface area contributed by atoms with Gasteiger partial charge in [-0.2, -0.15) is 4.98 Å². The number of hydrogen-bond donors (Lipinski definition) is 0. The monoisotopic (exact) mass is 283 g/mol. The highest BCUT2D eigenvalue weighted by atomic mass is 16.5. The lowest BCUT2D eigenvalue weighted by atomic mass is 10.1. The molecular weight excluding hydrogens is 270 g/mol. The van der Waals surface area contributed by atoms with Crippen molar-refractivity contribution in [1.82, 2.24) is 25.1 Å². The van der Waals surface area contributed by atoms with E-state index in [2.05, 4.69) is 20.5 Å². The van der Waals surface area contributed by atoms with Gasteiger partial charge in [-0.1, -0.05) is 28.6 Å². The molecule has 7 nitrogen and oxygen atoms in total. The van der Waals surface area contributed by atoms with Crippen LogP contribution in [0, 0.1) is 0 Å². The van der Waals surface area contributed by atoms with Gasteiger partial charge in [0.05, 0.1) is 18.5 Å². The predicted molar refractivity (Wildman–Crippen MR) is 72.8 cm³/mol. The Morgan fingerprint density at radius 1 is 1.19 bits per heavy atom. The Morgan fingerprint density at radius 2 is 2.10 bits per heavy atom. The average Bonchev–Trinajstić information content (AvgIpc) is 3.27. The van der Waals surface area contributed by atoms with E-state index in [1.165, 1.54) is 0 Å². The second-order valence-electron chi connectivity index (χ2n) is 4.90. The van der Waals surface area contributed by atoms with E-state index in [1.54, 1.807) is 10.9 Å². The molecule has 106 valence electrons. The van der Waals surface area contributed by atoms with Crippen molar-refractivity contribution >= 4 is 0 Å². The molecule has 4 rings (SSSR count). The summed E-state index contributed by atoms with van der Waals surface area (Å²) in [6.45, 7) is 1.40. The third-order valence-electron chi connectivity index (χ3n) is 3.47. The van der Waals surface area contributed by atoms with Gasteiger partial charge in [-0.25, -0.2) is 4.68 Å². The fraction of sp³-hybridized carbons (Fsp3) is 0.286.